The van der Waals surface area contributed by atoms with Crippen LogP contribution < -0.4 is 10.2 Å². The van der Waals surface area contributed by atoms with Gasteiger partial charge in [-0.15, -0.1) is 0 Å². The van der Waals surface area contributed by atoms with Crippen LogP contribution in [0.4, 0.5) is 15.8 Å². The lowest BCUT2D eigenvalue weighted by molar-refractivity contribution is -0.0159. The van der Waals surface area contributed by atoms with Crippen molar-refractivity contribution in [1.82, 2.24) is 19.5 Å². The lowest BCUT2D eigenvalue weighted by atomic mass is 10.0. The summed E-state index contributed by atoms with van der Waals surface area (Å²) in [6.07, 6.45) is 3.15. The summed E-state index contributed by atoms with van der Waals surface area (Å²) in [5.41, 5.74) is 1.51. The molecule has 0 radical (unpaired) electrons. The van der Waals surface area contributed by atoms with Gasteiger partial charge in [-0.3, -0.25) is 9.59 Å². The summed E-state index contributed by atoms with van der Waals surface area (Å²) in [5, 5.41) is 17.2. The SMILES string of the molecule is CC(C)(O)C(F)CN1Cc2cc(NC(=O)c3cnn4cc(Br)cnc34)c(N3CCOCC3)cc2C1=O. The van der Waals surface area contributed by atoms with Crippen molar-refractivity contribution >= 4 is 44.8 Å². The molecular weight excluding hydrogens is 535 g/mol. The van der Waals surface area contributed by atoms with E-state index in [0.29, 0.717) is 60.0 Å². The number of aliphatic hydroxyl groups is 1. The quantitative estimate of drug-likeness (QED) is 0.476. The van der Waals surface area contributed by atoms with E-state index in [1.807, 2.05) is 0 Å². The van der Waals surface area contributed by atoms with Crippen LogP contribution in [0.15, 0.2) is 35.2 Å². The number of anilines is 2. The minimum absolute atomic E-state index is 0.184. The van der Waals surface area contributed by atoms with Gasteiger partial charge in [-0.1, -0.05) is 0 Å². The first-order chi connectivity index (χ1) is 17.1. The maximum absolute atomic E-state index is 14.5. The van der Waals surface area contributed by atoms with Gasteiger partial charge in [-0.05, 0) is 47.5 Å². The van der Waals surface area contributed by atoms with E-state index in [4.69, 9.17) is 4.74 Å². The first-order valence-electron chi connectivity index (χ1n) is 11.6. The number of nitrogens with one attached hydrogen (secondary N) is 1. The highest BCUT2D eigenvalue weighted by molar-refractivity contribution is 9.10. The van der Waals surface area contributed by atoms with Crippen LogP contribution in [0.2, 0.25) is 0 Å². The van der Waals surface area contributed by atoms with E-state index in [1.165, 1.54) is 29.5 Å². The van der Waals surface area contributed by atoms with Gasteiger partial charge in [0, 0.05) is 37.6 Å². The van der Waals surface area contributed by atoms with E-state index in [0.717, 1.165) is 4.47 Å². The number of fused-ring (bicyclic) bond motifs is 2. The minimum atomic E-state index is -1.60. The van der Waals surface area contributed by atoms with Crippen LogP contribution in [0.5, 0.6) is 0 Å². The second kappa shape index (κ2) is 9.41. The number of benzene rings is 1. The Labute approximate surface area is 215 Å². The molecule has 1 aromatic carbocycles. The number of hydrogen-bond acceptors (Lipinski definition) is 7. The van der Waals surface area contributed by atoms with Gasteiger partial charge in [0.2, 0.25) is 0 Å². The van der Waals surface area contributed by atoms with Crippen molar-refractivity contribution in [2.24, 2.45) is 0 Å². The molecule has 36 heavy (non-hydrogen) atoms. The fourth-order valence-corrected chi connectivity index (χ4v) is 4.64. The third-order valence-electron chi connectivity index (χ3n) is 6.42. The van der Waals surface area contributed by atoms with Crippen LogP contribution in [-0.4, -0.2) is 81.0 Å². The zero-order chi connectivity index (χ0) is 25.6. The van der Waals surface area contributed by atoms with Crippen LogP contribution in [-0.2, 0) is 11.3 Å². The molecule has 2 N–H and O–H groups in total. The molecule has 12 heteroatoms. The van der Waals surface area contributed by atoms with Gasteiger partial charge < -0.3 is 25.0 Å². The number of carbonyl (C=O) groups excluding carboxylic acids is 2. The first kappa shape index (κ1) is 24.6. The number of rotatable bonds is 6. The predicted octanol–water partition coefficient (Wildman–Crippen LogP) is 2.65. The van der Waals surface area contributed by atoms with Gasteiger partial charge in [0.05, 0.1) is 47.4 Å². The Morgan fingerprint density at radius 1 is 1.31 bits per heavy atom. The summed E-state index contributed by atoms with van der Waals surface area (Å²) in [7, 11) is 0. The van der Waals surface area contributed by atoms with Crippen LogP contribution in [0.25, 0.3) is 5.65 Å². The highest BCUT2D eigenvalue weighted by Crippen LogP contribution is 2.36. The van der Waals surface area contributed by atoms with E-state index in [2.05, 4.69) is 36.2 Å². The number of alkyl halides is 1. The highest BCUT2D eigenvalue weighted by atomic mass is 79.9. The molecule has 2 aromatic heterocycles. The second-order valence-corrected chi connectivity index (χ2v) is 10.4. The first-order valence-corrected chi connectivity index (χ1v) is 12.4. The largest absolute Gasteiger partial charge is 0.387 e. The molecule has 2 aliphatic rings. The number of ether oxygens (including phenoxy) is 1. The summed E-state index contributed by atoms with van der Waals surface area (Å²) in [6.45, 7) is 4.94. The highest BCUT2D eigenvalue weighted by Gasteiger charge is 2.35. The molecule has 10 nitrogen and oxygen atoms in total. The second-order valence-electron chi connectivity index (χ2n) is 9.49. The van der Waals surface area contributed by atoms with E-state index >= 15 is 0 Å². The van der Waals surface area contributed by atoms with Crippen molar-refractivity contribution in [3.05, 3.63) is 51.9 Å². The molecule has 2 amide bonds. The van der Waals surface area contributed by atoms with Crippen molar-refractivity contribution in [2.75, 3.05) is 43.1 Å². The topological polar surface area (TPSA) is 112 Å². The van der Waals surface area contributed by atoms with Gasteiger partial charge in [0.15, 0.2) is 5.65 Å². The maximum atomic E-state index is 14.5. The summed E-state index contributed by atoms with van der Waals surface area (Å²) in [4.78, 5) is 34.1. The molecule has 0 aliphatic carbocycles. The molecule has 4 heterocycles. The number of halogens is 2. The Kier molecular flexibility index (Phi) is 6.43. The number of amides is 2. The van der Waals surface area contributed by atoms with Crippen LogP contribution in [0.3, 0.4) is 0 Å². The summed E-state index contributed by atoms with van der Waals surface area (Å²) >= 11 is 3.34. The Balaban J connectivity index is 1.47. The monoisotopic (exact) mass is 560 g/mol. The lowest BCUT2D eigenvalue weighted by Gasteiger charge is -2.31. The van der Waals surface area contributed by atoms with Crippen LogP contribution in [0.1, 0.15) is 40.1 Å². The Morgan fingerprint density at radius 2 is 2.06 bits per heavy atom. The average Bonchev–Trinajstić information content (AvgIpc) is 3.39. The van der Waals surface area contributed by atoms with Gasteiger partial charge in [-0.25, -0.2) is 13.9 Å². The maximum Gasteiger partial charge on any atom is 0.261 e. The van der Waals surface area contributed by atoms with Gasteiger partial charge in [0.1, 0.15) is 11.7 Å². The van der Waals surface area contributed by atoms with Crippen molar-refractivity contribution in [3.8, 4) is 0 Å². The van der Waals surface area contributed by atoms with E-state index in [1.54, 1.807) is 24.5 Å². The van der Waals surface area contributed by atoms with E-state index < -0.39 is 11.8 Å². The van der Waals surface area contributed by atoms with E-state index in [-0.39, 0.29) is 24.9 Å². The molecule has 5 rings (SSSR count). The summed E-state index contributed by atoms with van der Waals surface area (Å²) < 4.78 is 22.3. The number of hydrogen-bond donors (Lipinski definition) is 2. The molecule has 1 atom stereocenters. The zero-order valence-electron chi connectivity index (χ0n) is 19.9. The number of aromatic nitrogens is 3. The van der Waals surface area contributed by atoms with Gasteiger partial charge in [0.25, 0.3) is 11.8 Å². The summed E-state index contributed by atoms with van der Waals surface area (Å²) in [6, 6.07) is 3.52. The Morgan fingerprint density at radius 3 is 2.78 bits per heavy atom. The third kappa shape index (κ3) is 4.67. The van der Waals surface area contributed by atoms with Crippen LogP contribution >= 0.6 is 15.9 Å². The molecule has 190 valence electrons. The van der Waals surface area contributed by atoms with Gasteiger partial charge >= 0.3 is 0 Å². The van der Waals surface area contributed by atoms with Gasteiger partial charge in [-0.2, -0.15) is 5.10 Å². The number of nitrogens with zero attached hydrogens (tertiary/aromatic N) is 5. The smallest absolute Gasteiger partial charge is 0.261 e. The summed E-state index contributed by atoms with van der Waals surface area (Å²) in [5.74, 6) is -0.692. The third-order valence-corrected chi connectivity index (χ3v) is 6.83. The number of morpholine rings is 1. The zero-order valence-corrected chi connectivity index (χ0v) is 21.5. The fraction of sp³-hybridized carbons (Fsp3) is 0.417. The standard InChI is InChI=1S/C24H26BrFN6O4/c1-24(2,35)20(26)13-31-11-14-7-18(19(8-16(14)23(31)34)30-3-5-36-6-4-30)29-22(33)17-10-28-32-12-15(25)9-27-21(17)32/h7-10,12,20,35H,3-6,11,13H2,1-2H3,(H,29,33). The molecule has 1 unspecified atom stereocenters. The Hall–Kier alpha value is -3.09. The van der Waals surface area contributed by atoms with Crippen molar-refractivity contribution in [1.29, 1.82) is 0 Å². The van der Waals surface area contributed by atoms with Crippen molar-refractivity contribution in [2.45, 2.75) is 32.2 Å². The van der Waals surface area contributed by atoms with Crippen molar-refractivity contribution < 1.29 is 23.8 Å². The molecule has 1 saturated heterocycles. The molecular formula is C24H26BrFN6O4. The van der Waals surface area contributed by atoms with Crippen molar-refractivity contribution in [3.63, 3.8) is 0 Å². The fourth-order valence-electron chi connectivity index (χ4n) is 4.34. The van der Waals surface area contributed by atoms with E-state index in [9.17, 15) is 19.1 Å². The predicted molar refractivity (Wildman–Crippen MR) is 134 cm³/mol. The minimum Gasteiger partial charge on any atom is -0.387 e. The Bertz CT molecular complexity index is 1330. The lowest BCUT2D eigenvalue weighted by Crippen LogP contribution is -2.42. The molecule has 0 saturated carbocycles. The molecule has 0 spiro atoms. The molecule has 3 aromatic rings. The average molecular weight is 561 g/mol. The molecule has 2 aliphatic heterocycles. The molecule has 0 bridgehead atoms. The normalized spacial score (nSPS) is 17.0. The number of carbonyl (C=O) groups is 2. The van der Waals surface area contributed by atoms with Crippen LogP contribution in [0, 0.1) is 0 Å². The molecule has 1 fully saturated rings.